The number of amides is 1. The lowest BCUT2D eigenvalue weighted by molar-refractivity contribution is -0.137. The standard InChI is InChI=1S/C24H25F3N4O/c1-16(18-6-7-18)31(21-4-2-3-20(13-21)24(25,26)27)23(32)19-9-11-30(12-10-19)22-8-5-17(14-28)15-29-22/h2-5,8,13,15-16,18-19H,6-7,9-12H2,1H3/t16-/m0/s1. The Morgan fingerprint density at radius 3 is 2.47 bits per heavy atom. The number of hydrogen-bond donors (Lipinski definition) is 0. The molecular weight excluding hydrogens is 417 g/mol. The number of nitrogens with zero attached hydrogens (tertiary/aromatic N) is 4. The summed E-state index contributed by atoms with van der Waals surface area (Å²) in [6.07, 6.45) is 0.270. The summed E-state index contributed by atoms with van der Waals surface area (Å²) in [5, 5.41) is 8.92. The third-order valence-corrected chi connectivity index (χ3v) is 6.45. The lowest BCUT2D eigenvalue weighted by atomic mass is 9.93. The molecule has 1 saturated heterocycles. The third kappa shape index (κ3) is 4.72. The first-order valence-corrected chi connectivity index (χ1v) is 10.9. The molecule has 1 saturated carbocycles. The van der Waals surface area contributed by atoms with Crippen LogP contribution < -0.4 is 9.80 Å². The van der Waals surface area contributed by atoms with Crippen molar-refractivity contribution in [2.24, 2.45) is 11.8 Å². The predicted molar refractivity (Wildman–Crippen MR) is 115 cm³/mol. The van der Waals surface area contributed by atoms with E-state index in [2.05, 4.69) is 9.88 Å². The molecule has 0 N–H and O–H groups in total. The van der Waals surface area contributed by atoms with Crippen molar-refractivity contribution in [1.82, 2.24) is 4.98 Å². The number of pyridine rings is 1. The van der Waals surface area contributed by atoms with Crippen LogP contribution in [0.25, 0.3) is 0 Å². The van der Waals surface area contributed by atoms with Crippen molar-refractivity contribution in [2.45, 2.75) is 44.8 Å². The van der Waals surface area contributed by atoms with E-state index in [0.717, 1.165) is 30.8 Å². The van der Waals surface area contributed by atoms with Crippen molar-refractivity contribution in [3.63, 3.8) is 0 Å². The van der Waals surface area contributed by atoms with Crippen molar-refractivity contribution in [1.29, 1.82) is 5.26 Å². The lowest BCUT2D eigenvalue weighted by Crippen LogP contribution is -2.47. The van der Waals surface area contributed by atoms with Gasteiger partial charge in [0.15, 0.2) is 0 Å². The van der Waals surface area contributed by atoms with Crippen LogP contribution in [0.15, 0.2) is 42.6 Å². The topological polar surface area (TPSA) is 60.2 Å². The predicted octanol–water partition coefficient (Wildman–Crippen LogP) is 5.02. The highest BCUT2D eigenvalue weighted by molar-refractivity contribution is 5.96. The molecule has 8 heteroatoms. The fraction of sp³-hybridized carbons (Fsp3) is 0.458. The van der Waals surface area contributed by atoms with Gasteiger partial charge in [-0.15, -0.1) is 0 Å². The van der Waals surface area contributed by atoms with Crippen LogP contribution in [0.4, 0.5) is 24.7 Å². The van der Waals surface area contributed by atoms with Gasteiger partial charge in [-0.2, -0.15) is 18.4 Å². The second kappa shape index (κ2) is 8.81. The maximum Gasteiger partial charge on any atom is 0.416 e. The second-order valence-electron chi connectivity index (χ2n) is 8.61. The Bertz CT molecular complexity index is 1000. The molecule has 4 rings (SSSR count). The lowest BCUT2D eigenvalue weighted by Gasteiger charge is -2.37. The Kier molecular flexibility index (Phi) is 6.09. The van der Waals surface area contributed by atoms with Crippen LogP contribution in [0.3, 0.4) is 0 Å². The van der Waals surface area contributed by atoms with Crippen molar-refractivity contribution in [3.8, 4) is 6.07 Å². The normalized spacial score (nSPS) is 18.2. The summed E-state index contributed by atoms with van der Waals surface area (Å²) in [4.78, 5) is 21.5. The SMILES string of the molecule is C[C@@H](C1CC1)N(C(=O)C1CCN(c2ccc(C#N)cn2)CC1)c1cccc(C(F)(F)F)c1. The highest BCUT2D eigenvalue weighted by Gasteiger charge is 2.39. The Labute approximate surface area is 185 Å². The number of hydrogen-bond acceptors (Lipinski definition) is 4. The summed E-state index contributed by atoms with van der Waals surface area (Å²) in [5.41, 5.74) is 0.0718. The quantitative estimate of drug-likeness (QED) is 0.652. The minimum absolute atomic E-state index is 0.101. The van der Waals surface area contributed by atoms with Crippen LogP contribution in [0, 0.1) is 23.2 Å². The molecular formula is C24H25F3N4O. The van der Waals surface area contributed by atoms with E-state index >= 15 is 0 Å². The fourth-order valence-electron chi connectivity index (χ4n) is 4.38. The van der Waals surface area contributed by atoms with E-state index in [4.69, 9.17) is 5.26 Å². The number of alkyl halides is 3. The zero-order valence-electron chi connectivity index (χ0n) is 17.8. The Hall–Kier alpha value is -3.08. The van der Waals surface area contributed by atoms with Crippen LogP contribution in [-0.2, 0) is 11.0 Å². The first-order chi connectivity index (χ1) is 15.3. The number of rotatable bonds is 5. The number of aromatic nitrogens is 1. The summed E-state index contributed by atoms with van der Waals surface area (Å²) < 4.78 is 39.8. The van der Waals surface area contributed by atoms with Crippen LogP contribution in [0.5, 0.6) is 0 Å². The number of nitriles is 1. The molecule has 1 atom stereocenters. The smallest absolute Gasteiger partial charge is 0.357 e. The molecule has 0 unspecified atom stereocenters. The van der Waals surface area contributed by atoms with Crippen molar-refractivity contribution >= 4 is 17.4 Å². The first kappa shape index (κ1) is 22.1. The highest BCUT2D eigenvalue weighted by atomic mass is 19.4. The minimum atomic E-state index is -4.45. The minimum Gasteiger partial charge on any atom is -0.357 e. The molecule has 168 valence electrons. The molecule has 1 amide bonds. The van der Waals surface area contributed by atoms with Gasteiger partial charge in [0, 0.05) is 36.9 Å². The summed E-state index contributed by atoms with van der Waals surface area (Å²) in [6.45, 7) is 3.19. The molecule has 1 aliphatic heterocycles. The van der Waals surface area contributed by atoms with Gasteiger partial charge >= 0.3 is 6.18 Å². The second-order valence-corrected chi connectivity index (χ2v) is 8.61. The average molecular weight is 442 g/mol. The van der Waals surface area contributed by atoms with Gasteiger partial charge in [-0.1, -0.05) is 6.07 Å². The number of piperidine rings is 1. The van der Waals surface area contributed by atoms with E-state index in [1.54, 1.807) is 23.1 Å². The maximum absolute atomic E-state index is 13.5. The van der Waals surface area contributed by atoms with Gasteiger partial charge in [0.1, 0.15) is 11.9 Å². The van der Waals surface area contributed by atoms with Gasteiger partial charge in [0.05, 0.1) is 11.1 Å². The van der Waals surface area contributed by atoms with Gasteiger partial charge in [-0.25, -0.2) is 4.98 Å². The van der Waals surface area contributed by atoms with Crippen molar-refractivity contribution in [3.05, 3.63) is 53.7 Å². The number of halogens is 3. The number of carbonyl (C=O) groups is 1. The van der Waals surface area contributed by atoms with Gasteiger partial charge in [-0.05, 0) is 68.9 Å². The largest absolute Gasteiger partial charge is 0.416 e. The summed E-state index contributed by atoms with van der Waals surface area (Å²) in [7, 11) is 0. The van der Waals surface area contributed by atoms with Gasteiger partial charge in [-0.3, -0.25) is 4.79 Å². The van der Waals surface area contributed by atoms with E-state index in [1.807, 2.05) is 13.0 Å². The molecule has 1 aromatic heterocycles. The van der Waals surface area contributed by atoms with Crippen LogP contribution in [0.1, 0.15) is 43.7 Å². The number of benzene rings is 1. The molecule has 0 bridgehead atoms. The fourth-order valence-corrected chi connectivity index (χ4v) is 4.38. The molecule has 2 aliphatic rings. The molecule has 2 fully saturated rings. The molecule has 2 heterocycles. The number of anilines is 2. The molecule has 0 spiro atoms. The van der Waals surface area contributed by atoms with Crippen molar-refractivity contribution in [2.75, 3.05) is 22.9 Å². The van der Waals surface area contributed by atoms with Crippen LogP contribution in [-0.4, -0.2) is 30.0 Å². The van der Waals surface area contributed by atoms with Crippen LogP contribution in [0.2, 0.25) is 0 Å². The van der Waals surface area contributed by atoms with E-state index in [0.29, 0.717) is 43.1 Å². The Balaban J connectivity index is 1.50. The zero-order chi connectivity index (χ0) is 22.9. The average Bonchev–Trinajstić information content (AvgIpc) is 3.64. The molecule has 0 radical (unpaired) electrons. The molecule has 5 nitrogen and oxygen atoms in total. The monoisotopic (exact) mass is 442 g/mol. The Morgan fingerprint density at radius 2 is 1.91 bits per heavy atom. The maximum atomic E-state index is 13.5. The van der Waals surface area contributed by atoms with Crippen molar-refractivity contribution < 1.29 is 18.0 Å². The van der Waals surface area contributed by atoms with E-state index < -0.39 is 11.7 Å². The van der Waals surface area contributed by atoms with Crippen LogP contribution >= 0.6 is 0 Å². The summed E-state index contributed by atoms with van der Waals surface area (Å²) >= 11 is 0. The molecule has 1 aliphatic carbocycles. The molecule has 2 aromatic rings. The van der Waals surface area contributed by atoms with Gasteiger partial charge in [0.25, 0.3) is 0 Å². The first-order valence-electron chi connectivity index (χ1n) is 10.9. The Morgan fingerprint density at radius 1 is 1.19 bits per heavy atom. The van der Waals surface area contributed by atoms with Gasteiger partial charge in [0.2, 0.25) is 5.91 Å². The molecule has 32 heavy (non-hydrogen) atoms. The third-order valence-electron chi connectivity index (χ3n) is 6.45. The number of carbonyl (C=O) groups excluding carboxylic acids is 1. The molecule has 1 aromatic carbocycles. The summed E-state index contributed by atoms with van der Waals surface area (Å²) in [5.74, 6) is 0.740. The summed E-state index contributed by atoms with van der Waals surface area (Å²) in [6, 6.07) is 10.5. The zero-order valence-corrected chi connectivity index (χ0v) is 17.8. The highest BCUT2D eigenvalue weighted by Crippen LogP contribution is 2.40. The van der Waals surface area contributed by atoms with E-state index in [1.165, 1.54) is 12.3 Å². The van der Waals surface area contributed by atoms with E-state index in [-0.39, 0.29) is 17.9 Å². The van der Waals surface area contributed by atoms with Gasteiger partial charge < -0.3 is 9.80 Å². The van der Waals surface area contributed by atoms with E-state index in [9.17, 15) is 18.0 Å².